The predicted molar refractivity (Wildman–Crippen MR) is 120 cm³/mol. The normalized spacial score (nSPS) is 23.2. The lowest BCUT2D eigenvalue weighted by atomic mass is 10.0. The second-order valence-corrected chi connectivity index (χ2v) is 10.4. The molecular formula is C22H31N5O3S. The number of hydrogen-bond acceptors (Lipinski definition) is 7. The summed E-state index contributed by atoms with van der Waals surface area (Å²) in [6.45, 7) is 7.81. The van der Waals surface area contributed by atoms with E-state index < -0.39 is 15.3 Å². The van der Waals surface area contributed by atoms with Crippen LogP contribution < -0.4 is 15.6 Å². The van der Waals surface area contributed by atoms with Gasteiger partial charge in [-0.3, -0.25) is 15.3 Å². The van der Waals surface area contributed by atoms with E-state index in [0.29, 0.717) is 19.6 Å². The molecule has 2 saturated heterocycles. The van der Waals surface area contributed by atoms with Crippen molar-refractivity contribution < 1.29 is 13.2 Å². The van der Waals surface area contributed by atoms with E-state index >= 15 is 0 Å². The van der Waals surface area contributed by atoms with Gasteiger partial charge in [0.05, 0.1) is 13.2 Å². The van der Waals surface area contributed by atoms with Crippen molar-refractivity contribution in [1.82, 2.24) is 25.0 Å². The van der Waals surface area contributed by atoms with Gasteiger partial charge in [-0.25, -0.2) is 13.8 Å². The number of methoxy groups -OCH3 is 1. The quantitative estimate of drug-likeness (QED) is 0.695. The van der Waals surface area contributed by atoms with Crippen LogP contribution >= 0.6 is 0 Å². The minimum absolute atomic E-state index is 0.282. The van der Waals surface area contributed by atoms with Crippen LogP contribution in [0.15, 0.2) is 36.7 Å². The van der Waals surface area contributed by atoms with E-state index in [0.717, 1.165) is 36.5 Å². The van der Waals surface area contributed by atoms with E-state index in [1.54, 1.807) is 23.8 Å². The molecule has 3 heterocycles. The zero-order valence-corrected chi connectivity index (χ0v) is 19.2. The monoisotopic (exact) mass is 445 g/mol. The molecule has 2 fully saturated rings. The Morgan fingerprint density at radius 3 is 2.48 bits per heavy atom. The summed E-state index contributed by atoms with van der Waals surface area (Å²) < 4.78 is 33.9. The van der Waals surface area contributed by atoms with Gasteiger partial charge in [0.15, 0.2) is 0 Å². The number of nitrogens with one attached hydrogen (secondary N) is 2. The van der Waals surface area contributed by atoms with Crippen molar-refractivity contribution in [2.24, 2.45) is 0 Å². The van der Waals surface area contributed by atoms with Crippen LogP contribution in [0.2, 0.25) is 0 Å². The minimum Gasteiger partial charge on any atom is -0.496 e. The molecule has 4 rings (SSSR count). The fraction of sp³-hybridized carbons (Fsp3) is 0.500. The Hall–Kier alpha value is -2.04. The first kappa shape index (κ1) is 22.2. The van der Waals surface area contributed by atoms with Crippen LogP contribution in [0.3, 0.4) is 0 Å². The number of aryl methyl sites for hydroxylation is 2. The molecule has 0 saturated carbocycles. The van der Waals surface area contributed by atoms with Crippen LogP contribution in [0, 0.1) is 13.8 Å². The van der Waals surface area contributed by atoms with Gasteiger partial charge in [0.2, 0.25) is 10.0 Å². The average Bonchev–Trinajstić information content (AvgIpc) is 3.28. The van der Waals surface area contributed by atoms with E-state index in [9.17, 15) is 8.42 Å². The van der Waals surface area contributed by atoms with Gasteiger partial charge in [-0.1, -0.05) is 6.07 Å². The molecule has 0 radical (unpaired) electrons. The fourth-order valence-corrected chi connectivity index (χ4v) is 6.36. The van der Waals surface area contributed by atoms with E-state index in [1.165, 1.54) is 11.1 Å². The topological polar surface area (TPSA) is 86.8 Å². The predicted octanol–water partition coefficient (Wildman–Crippen LogP) is 1.37. The second-order valence-electron chi connectivity index (χ2n) is 8.29. The standard InChI is InChI=1S/C22H31N5O3S/c1-16-13-20(30-3)17(2)12-19(16)15-26-8-10-27(11-9-26)31(28,29)21-14-24-25-22(21)18-4-6-23-7-5-18/h4-7,12-13,21-22,24-25H,8-11,14-15H2,1-3H3. The zero-order valence-electron chi connectivity index (χ0n) is 18.3. The van der Waals surface area contributed by atoms with Gasteiger partial charge in [0, 0.05) is 51.7 Å². The van der Waals surface area contributed by atoms with Crippen molar-refractivity contribution in [3.8, 4) is 5.75 Å². The van der Waals surface area contributed by atoms with Crippen LogP contribution in [-0.2, 0) is 16.6 Å². The number of hydrogen-bond donors (Lipinski definition) is 2. The van der Waals surface area contributed by atoms with E-state index in [4.69, 9.17) is 4.74 Å². The summed E-state index contributed by atoms with van der Waals surface area (Å²) in [5, 5.41) is -0.534. The molecule has 2 aliphatic heterocycles. The zero-order chi connectivity index (χ0) is 22.0. The highest BCUT2D eigenvalue weighted by atomic mass is 32.2. The van der Waals surface area contributed by atoms with Crippen molar-refractivity contribution in [1.29, 1.82) is 0 Å². The molecule has 2 aromatic rings. The highest BCUT2D eigenvalue weighted by Gasteiger charge is 2.42. The van der Waals surface area contributed by atoms with Gasteiger partial charge in [0.25, 0.3) is 0 Å². The molecule has 0 spiro atoms. The summed E-state index contributed by atoms with van der Waals surface area (Å²) in [4.78, 5) is 6.36. The summed E-state index contributed by atoms with van der Waals surface area (Å²) in [6.07, 6.45) is 3.39. The van der Waals surface area contributed by atoms with Crippen LogP contribution in [0.25, 0.3) is 0 Å². The van der Waals surface area contributed by atoms with Gasteiger partial charge in [-0.05, 0) is 54.3 Å². The Balaban J connectivity index is 1.41. The smallest absolute Gasteiger partial charge is 0.220 e. The lowest BCUT2D eigenvalue weighted by molar-refractivity contribution is 0.180. The number of hydrazine groups is 1. The van der Waals surface area contributed by atoms with Crippen molar-refractivity contribution in [2.75, 3.05) is 39.8 Å². The maximum absolute atomic E-state index is 13.4. The third-order valence-corrected chi connectivity index (χ3v) is 8.61. The summed E-state index contributed by atoms with van der Waals surface area (Å²) in [5.41, 5.74) is 10.7. The minimum atomic E-state index is -3.43. The molecule has 9 heteroatoms. The molecule has 1 aromatic carbocycles. The first-order valence-electron chi connectivity index (χ1n) is 10.6. The van der Waals surface area contributed by atoms with Gasteiger partial charge < -0.3 is 4.74 Å². The number of nitrogens with zero attached hydrogens (tertiary/aromatic N) is 3. The Morgan fingerprint density at radius 1 is 1.10 bits per heavy atom. The number of ether oxygens (including phenoxy) is 1. The lowest BCUT2D eigenvalue weighted by Gasteiger charge is -2.36. The molecule has 2 aliphatic rings. The van der Waals surface area contributed by atoms with Crippen molar-refractivity contribution in [2.45, 2.75) is 31.7 Å². The van der Waals surface area contributed by atoms with Crippen LogP contribution in [0.1, 0.15) is 28.3 Å². The van der Waals surface area contributed by atoms with E-state index in [-0.39, 0.29) is 6.04 Å². The van der Waals surface area contributed by atoms with Crippen molar-refractivity contribution >= 4 is 10.0 Å². The highest BCUT2D eigenvalue weighted by Crippen LogP contribution is 2.28. The molecule has 8 nitrogen and oxygen atoms in total. The number of benzene rings is 1. The second kappa shape index (κ2) is 9.22. The van der Waals surface area contributed by atoms with Gasteiger partial charge in [-0.2, -0.15) is 4.31 Å². The van der Waals surface area contributed by atoms with Crippen LogP contribution in [0.5, 0.6) is 5.75 Å². The molecule has 168 valence electrons. The Morgan fingerprint density at radius 2 is 1.81 bits per heavy atom. The Kier molecular flexibility index (Phi) is 6.59. The number of sulfonamides is 1. The van der Waals surface area contributed by atoms with Gasteiger partial charge in [0.1, 0.15) is 11.0 Å². The van der Waals surface area contributed by atoms with Crippen LogP contribution in [-0.4, -0.2) is 67.7 Å². The molecule has 0 aliphatic carbocycles. The molecular weight excluding hydrogens is 414 g/mol. The molecule has 2 atom stereocenters. The van der Waals surface area contributed by atoms with Crippen molar-refractivity contribution in [3.05, 3.63) is 58.9 Å². The molecule has 0 bridgehead atoms. The Bertz CT molecular complexity index is 1010. The maximum atomic E-state index is 13.4. The SMILES string of the molecule is COc1cc(C)c(CN2CCN(S(=O)(=O)C3CNNC3c3ccncc3)CC2)cc1C. The summed E-state index contributed by atoms with van der Waals surface area (Å²) in [5.74, 6) is 0.902. The largest absolute Gasteiger partial charge is 0.496 e. The Labute approximate surface area is 184 Å². The third-order valence-electron chi connectivity index (χ3n) is 6.32. The first-order chi connectivity index (χ1) is 14.9. The molecule has 31 heavy (non-hydrogen) atoms. The number of piperazine rings is 1. The van der Waals surface area contributed by atoms with Gasteiger partial charge >= 0.3 is 0 Å². The molecule has 2 unspecified atom stereocenters. The first-order valence-corrected chi connectivity index (χ1v) is 12.1. The summed E-state index contributed by atoms with van der Waals surface area (Å²) >= 11 is 0. The summed E-state index contributed by atoms with van der Waals surface area (Å²) in [7, 11) is -1.74. The average molecular weight is 446 g/mol. The molecule has 2 N–H and O–H groups in total. The van der Waals surface area contributed by atoms with Gasteiger partial charge in [-0.15, -0.1) is 0 Å². The third kappa shape index (κ3) is 4.61. The highest BCUT2D eigenvalue weighted by molar-refractivity contribution is 7.89. The van der Waals surface area contributed by atoms with Crippen LogP contribution in [0.4, 0.5) is 0 Å². The number of aromatic nitrogens is 1. The maximum Gasteiger partial charge on any atom is 0.220 e. The van der Waals surface area contributed by atoms with E-state index in [1.807, 2.05) is 12.1 Å². The van der Waals surface area contributed by atoms with Crippen molar-refractivity contribution in [3.63, 3.8) is 0 Å². The number of pyridine rings is 1. The number of rotatable bonds is 6. The molecule has 1 aromatic heterocycles. The molecule has 0 amide bonds. The fourth-order valence-electron chi connectivity index (χ4n) is 4.44. The lowest BCUT2D eigenvalue weighted by Crippen LogP contribution is -2.52. The summed E-state index contributed by atoms with van der Waals surface area (Å²) in [6, 6.07) is 7.70. The van der Waals surface area contributed by atoms with E-state index in [2.05, 4.69) is 46.7 Å².